The lowest BCUT2D eigenvalue weighted by Gasteiger charge is -2.46. The number of carbonyl (C=O) groups excluding carboxylic acids is 1. The number of carboxylic acids is 1. The number of carboxylic acid groups (broad SMARTS) is 1. The van der Waals surface area contributed by atoms with Crippen LogP contribution in [0.1, 0.15) is 19.3 Å². The van der Waals surface area contributed by atoms with Crippen molar-refractivity contribution in [3.63, 3.8) is 0 Å². The van der Waals surface area contributed by atoms with E-state index in [1.54, 1.807) is 18.2 Å². The number of hydrogen-bond donors (Lipinski definition) is 2. The summed E-state index contributed by atoms with van der Waals surface area (Å²) in [6.45, 7) is 11.0. The van der Waals surface area contributed by atoms with E-state index in [1.165, 1.54) is 11.8 Å². The topological polar surface area (TPSA) is 80.4 Å². The Morgan fingerprint density at radius 2 is 1.80 bits per heavy atom. The molecule has 3 N–H and O–H groups in total. The summed E-state index contributed by atoms with van der Waals surface area (Å²) in [5, 5.41) is 9.30. The smallest absolute Gasteiger partial charge is 0.331 e. The van der Waals surface area contributed by atoms with Crippen LogP contribution >= 0.6 is 11.8 Å². The molecule has 20 heavy (non-hydrogen) atoms. The van der Waals surface area contributed by atoms with Crippen molar-refractivity contribution in [2.24, 2.45) is 11.1 Å². The molecular formula is C15H23NO3S. The van der Waals surface area contributed by atoms with Crippen LogP contribution in [-0.4, -0.2) is 34.4 Å². The van der Waals surface area contributed by atoms with Crippen LogP contribution in [0.5, 0.6) is 0 Å². The number of thioether (sulfide) groups is 1. The van der Waals surface area contributed by atoms with Gasteiger partial charge < -0.3 is 15.6 Å². The van der Waals surface area contributed by atoms with Crippen LogP contribution in [0.15, 0.2) is 38.0 Å². The Morgan fingerprint density at radius 3 is 2.05 bits per heavy atom. The molecule has 5 heteroatoms. The highest BCUT2D eigenvalue weighted by molar-refractivity contribution is 7.99. The standard InChI is InChI=1S/C15H23NO3S/c1-5-8-12(20-4)14(9-6-2,10-7-3)15(16,11-17)13(18)19/h5-7,11-12H,1-3,8-10,16H2,4H3,(H,18,19). The van der Waals surface area contributed by atoms with E-state index in [2.05, 4.69) is 19.7 Å². The van der Waals surface area contributed by atoms with Gasteiger partial charge in [-0.05, 0) is 25.5 Å². The molecule has 0 radical (unpaired) electrons. The van der Waals surface area contributed by atoms with Crippen LogP contribution in [0.2, 0.25) is 0 Å². The van der Waals surface area contributed by atoms with Crippen LogP contribution in [0, 0.1) is 5.41 Å². The van der Waals surface area contributed by atoms with Crippen molar-refractivity contribution in [2.45, 2.75) is 30.1 Å². The van der Waals surface area contributed by atoms with Crippen molar-refractivity contribution >= 4 is 24.0 Å². The molecule has 4 nitrogen and oxygen atoms in total. The molecule has 112 valence electrons. The molecule has 0 amide bonds. The molecule has 0 saturated carbocycles. The third kappa shape index (κ3) is 3.22. The number of nitrogens with two attached hydrogens (primary N) is 1. The van der Waals surface area contributed by atoms with E-state index in [9.17, 15) is 14.7 Å². The highest BCUT2D eigenvalue weighted by Crippen LogP contribution is 2.46. The number of rotatable bonds is 11. The Labute approximate surface area is 124 Å². The zero-order valence-corrected chi connectivity index (χ0v) is 12.7. The molecule has 2 unspecified atom stereocenters. The Bertz CT molecular complexity index is 385. The fraction of sp³-hybridized carbons (Fsp3) is 0.467. The van der Waals surface area contributed by atoms with Crippen LogP contribution < -0.4 is 5.73 Å². The second-order valence-corrected chi connectivity index (χ2v) is 5.72. The van der Waals surface area contributed by atoms with E-state index in [1.807, 2.05) is 6.26 Å². The number of aliphatic carboxylic acids is 1. The summed E-state index contributed by atoms with van der Waals surface area (Å²) in [5.74, 6) is -1.33. The first-order valence-corrected chi connectivity index (χ1v) is 7.53. The maximum Gasteiger partial charge on any atom is 0.331 e. The first kappa shape index (κ1) is 18.7. The van der Waals surface area contributed by atoms with Crippen molar-refractivity contribution in [1.29, 1.82) is 0 Å². The maximum atomic E-state index is 11.6. The monoisotopic (exact) mass is 297 g/mol. The zero-order valence-electron chi connectivity index (χ0n) is 11.9. The maximum absolute atomic E-state index is 11.6. The minimum absolute atomic E-state index is 0.178. The quantitative estimate of drug-likeness (QED) is 0.348. The van der Waals surface area contributed by atoms with E-state index in [0.717, 1.165) is 0 Å². The molecule has 0 aromatic rings. The van der Waals surface area contributed by atoms with Crippen LogP contribution in [0.25, 0.3) is 0 Å². The van der Waals surface area contributed by atoms with E-state index in [4.69, 9.17) is 5.73 Å². The summed E-state index contributed by atoms with van der Waals surface area (Å²) >= 11 is 1.47. The van der Waals surface area contributed by atoms with Crippen molar-refractivity contribution in [3.05, 3.63) is 38.0 Å². The molecule has 0 rings (SSSR count). The highest BCUT2D eigenvalue weighted by atomic mass is 32.2. The fourth-order valence-corrected chi connectivity index (χ4v) is 3.71. The van der Waals surface area contributed by atoms with Gasteiger partial charge in [0.05, 0.1) is 0 Å². The molecule has 0 fully saturated rings. The molecule has 0 heterocycles. The summed E-state index contributed by atoms with van der Waals surface area (Å²) in [5.41, 5.74) is 3.01. The van der Waals surface area contributed by atoms with Gasteiger partial charge in [0.25, 0.3) is 0 Å². The van der Waals surface area contributed by atoms with Gasteiger partial charge in [0.15, 0.2) is 11.8 Å². The van der Waals surface area contributed by atoms with Gasteiger partial charge in [-0.15, -0.1) is 19.7 Å². The molecule has 0 spiro atoms. The lowest BCUT2D eigenvalue weighted by Crippen LogP contribution is -2.65. The van der Waals surface area contributed by atoms with Gasteiger partial charge in [-0.3, -0.25) is 0 Å². The molecule has 0 saturated heterocycles. The van der Waals surface area contributed by atoms with Gasteiger partial charge in [0.2, 0.25) is 0 Å². The molecular weight excluding hydrogens is 274 g/mol. The van der Waals surface area contributed by atoms with Crippen molar-refractivity contribution in [2.75, 3.05) is 6.26 Å². The normalized spacial score (nSPS) is 15.7. The van der Waals surface area contributed by atoms with E-state index < -0.39 is 16.9 Å². The SMILES string of the molecule is C=CCC(SC)C(CC=C)(CC=C)C(N)(C=O)C(=O)O. The highest BCUT2D eigenvalue weighted by Gasteiger charge is 2.56. The second kappa shape index (κ2) is 8.07. The fourth-order valence-electron chi connectivity index (χ4n) is 2.55. The summed E-state index contributed by atoms with van der Waals surface area (Å²) in [6, 6.07) is 0. The lowest BCUT2D eigenvalue weighted by molar-refractivity contribution is -0.151. The molecule has 0 aliphatic carbocycles. The molecule has 0 aliphatic heterocycles. The Morgan fingerprint density at radius 1 is 1.30 bits per heavy atom. The Balaban J connectivity index is 6.15. The van der Waals surface area contributed by atoms with Crippen molar-refractivity contribution in [1.82, 2.24) is 0 Å². The third-order valence-corrected chi connectivity index (χ3v) is 4.88. The number of carbonyl (C=O) groups is 2. The van der Waals surface area contributed by atoms with Crippen molar-refractivity contribution < 1.29 is 14.7 Å². The first-order valence-electron chi connectivity index (χ1n) is 6.24. The van der Waals surface area contributed by atoms with Gasteiger partial charge in [0.1, 0.15) is 0 Å². The summed E-state index contributed by atoms with van der Waals surface area (Å²) < 4.78 is 0. The second-order valence-electron chi connectivity index (χ2n) is 4.68. The molecule has 0 bridgehead atoms. The van der Waals surface area contributed by atoms with Gasteiger partial charge in [-0.1, -0.05) is 18.2 Å². The van der Waals surface area contributed by atoms with E-state index in [0.29, 0.717) is 25.5 Å². The molecule has 0 aromatic carbocycles. The largest absolute Gasteiger partial charge is 0.480 e. The van der Waals surface area contributed by atoms with Crippen molar-refractivity contribution in [3.8, 4) is 0 Å². The Kier molecular flexibility index (Phi) is 7.53. The van der Waals surface area contributed by atoms with E-state index >= 15 is 0 Å². The summed E-state index contributed by atoms with van der Waals surface area (Å²) in [6.07, 6.45) is 8.25. The average Bonchev–Trinajstić information content (AvgIpc) is 2.43. The molecule has 0 aliphatic rings. The average molecular weight is 297 g/mol. The lowest BCUT2D eigenvalue weighted by atomic mass is 9.63. The predicted octanol–water partition coefficient (Wildman–Crippen LogP) is 2.41. The van der Waals surface area contributed by atoms with Crippen LogP contribution in [-0.2, 0) is 9.59 Å². The predicted molar refractivity (Wildman–Crippen MR) is 84.8 cm³/mol. The zero-order chi connectivity index (χ0) is 15.8. The Hall–Kier alpha value is -1.33. The molecule has 0 aromatic heterocycles. The third-order valence-electron chi connectivity index (χ3n) is 3.66. The van der Waals surface area contributed by atoms with Gasteiger partial charge in [-0.25, -0.2) is 4.79 Å². The van der Waals surface area contributed by atoms with E-state index in [-0.39, 0.29) is 5.25 Å². The van der Waals surface area contributed by atoms with Gasteiger partial charge >= 0.3 is 5.97 Å². The van der Waals surface area contributed by atoms with Gasteiger partial charge in [-0.2, -0.15) is 11.8 Å². The van der Waals surface area contributed by atoms with Crippen LogP contribution in [0.4, 0.5) is 0 Å². The van der Waals surface area contributed by atoms with Gasteiger partial charge in [0, 0.05) is 10.7 Å². The number of aldehydes is 1. The minimum Gasteiger partial charge on any atom is -0.480 e. The van der Waals surface area contributed by atoms with Crippen LogP contribution in [0.3, 0.4) is 0 Å². The number of hydrogen-bond acceptors (Lipinski definition) is 4. The summed E-state index contributed by atoms with van der Waals surface area (Å²) in [4.78, 5) is 23.1. The minimum atomic E-state index is -1.99. The first-order chi connectivity index (χ1) is 9.39. The summed E-state index contributed by atoms with van der Waals surface area (Å²) in [7, 11) is 0. The number of allylic oxidation sites excluding steroid dienone is 3. The molecule has 2 atom stereocenters.